The number of aliphatic imine (C=N–C) groups is 1. The fraction of sp³-hybridized carbons (Fsp3) is 0.565. The van der Waals surface area contributed by atoms with Crippen LogP contribution in [0.15, 0.2) is 4.99 Å². The van der Waals surface area contributed by atoms with E-state index in [-0.39, 0.29) is 37.6 Å². The van der Waals surface area contributed by atoms with Gasteiger partial charge in [0.2, 0.25) is 41.4 Å². The molecule has 0 bridgehead atoms. The Labute approximate surface area is 267 Å². The Morgan fingerprint density at radius 2 is 1.11 bits per heavy atom. The SMILES string of the molecule is NCC(=O)N[C@@H](CS)C(=O)NCC(=O)NCC(=O)NCC(=O)N[C@@H](CC(=O)O)C(=O)NCC(=O)N[C@@H](CCCN=C(N)N)C(=O)O. The number of hydrogen-bond donors (Lipinski definition) is 13. The van der Waals surface area contributed by atoms with Crippen LogP contribution in [0.25, 0.3) is 0 Å². The van der Waals surface area contributed by atoms with Crippen molar-refractivity contribution < 1.29 is 53.4 Å². The summed E-state index contributed by atoms with van der Waals surface area (Å²) in [5.74, 6) is -9.12. The number of guanidine groups is 1. The molecule has 0 fully saturated rings. The molecule has 0 saturated heterocycles. The Morgan fingerprint density at radius 1 is 0.652 bits per heavy atom. The molecule has 0 aromatic carbocycles. The molecule has 3 atom stereocenters. The minimum Gasteiger partial charge on any atom is -0.481 e. The first-order valence-corrected chi connectivity index (χ1v) is 14.0. The molecule has 0 aromatic heterocycles. The molecule has 23 heteroatoms. The predicted molar refractivity (Wildman–Crippen MR) is 161 cm³/mol. The molecule has 15 N–H and O–H groups in total. The van der Waals surface area contributed by atoms with Crippen molar-refractivity contribution in [3.05, 3.63) is 0 Å². The number of nitrogens with two attached hydrogens (primary N) is 3. The summed E-state index contributed by atoms with van der Waals surface area (Å²) >= 11 is 3.92. The molecule has 0 heterocycles. The summed E-state index contributed by atoms with van der Waals surface area (Å²) < 4.78 is 0. The summed E-state index contributed by atoms with van der Waals surface area (Å²) in [6, 6.07) is -4.06. The summed E-state index contributed by atoms with van der Waals surface area (Å²) in [5, 5.41) is 33.5. The second-order valence-electron chi connectivity index (χ2n) is 9.12. The molecule has 258 valence electrons. The Kier molecular flexibility index (Phi) is 19.8. The summed E-state index contributed by atoms with van der Waals surface area (Å²) in [7, 11) is 0. The van der Waals surface area contributed by atoms with E-state index in [1.807, 2.05) is 0 Å². The molecule has 7 amide bonds. The van der Waals surface area contributed by atoms with Gasteiger partial charge in [0.25, 0.3) is 0 Å². The van der Waals surface area contributed by atoms with Gasteiger partial charge < -0.3 is 64.6 Å². The van der Waals surface area contributed by atoms with Crippen molar-refractivity contribution in [2.24, 2.45) is 22.2 Å². The smallest absolute Gasteiger partial charge is 0.326 e. The van der Waals surface area contributed by atoms with E-state index >= 15 is 0 Å². The molecule has 0 aliphatic rings. The topological polar surface area (TPSA) is 369 Å². The van der Waals surface area contributed by atoms with Crippen molar-refractivity contribution in [2.45, 2.75) is 37.4 Å². The molecule has 0 spiro atoms. The summed E-state index contributed by atoms with van der Waals surface area (Å²) in [5.41, 5.74) is 15.5. The van der Waals surface area contributed by atoms with Crippen LogP contribution in [0.3, 0.4) is 0 Å². The molecular weight excluding hydrogens is 638 g/mol. The first-order valence-electron chi connectivity index (χ1n) is 13.4. The van der Waals surface area contributed by atoms with Crippen LogP contribution in [-0.4, -0.2) is 133 Å². The molecule has 0 rings (SSSR count). The fourth-order valence-electron chi connectivity index (χ4n) is 3.15. The van der Waals surface area contributed by atoms with Gasteiger partial charge in [-0.15, -0.1) is 0 Å². The lowest BCUT2D eigenvalue weighted by molar-refractivity contribution is -0.142. The van der Waals surface area contributed by atoms with E-state index in [0.717, 1.165) is 0 Å². The number of carboxylic acids is 2. The maximum absolute atomic E-state index is 12.4. The standard InChI is InChI=1S/C23H39N11O11S/c24-5-14(35)34-13(10-46)21(43)30-7-16(37)28-6-15(36)29-8-17(38)33-12(4-19(40)41)20(42)31-9-18(39)32-11(22(44)45)2-1-3-27-23(25)26/h11-13,46H,1-10,24H2,(H,28,37)(H,29,36)(H,30,43)(H,31,42)(H,32,39)(H,33,38)(H,34,35)(H,40,41)(H,44,45)(H4,25,26,27)/t11-,12-,13-/m0/s1. The third-order valence-corrected chi connectivity index (χ3v) is 5.73. The van der Waals surface area contributed by atoms with Crippen molar-refractivity contribution in [1.29, 1.82) is 0 Å². The second kappa shape index (κ2) is 22.3. The third kappa shape index (κ3) is 19.2. The van der Waals surface area contributed by atoms with Gasteiger partial charge in [0.15, 0.2) is 5.96 Å². The Bertz CT molecular complexity index is 1160. The molecule has 0 saturated carbocycles. The number of nitrogens with zero attached hydrogens (tertiary/aromatic N) is 1. The lowest BCUT2D eigenvalue weighted by atomic mass is 10.1. The lowest BCUT2D eigenvalue weighted by Crippen LogP contribution is -2.53. The van der Waals surface area contributed by atoms with E-state index in [0.29, 0.717) is 0 Å². The quantitative estimate of drug-likeness (QED) is 0.0219. The first-order chi connectivity index (χ1) is 21.6. The van der Waals surface area contributed by atoms with Crippen molar-refractivity contribution in [2.75, 3.05) is 45.0 Å². The first kappa shape index (κ1) is 40.8. The Hall–Kier alpha value is -5.19. The van der Waals surface area contributed by atoms with Gasteiger partial charge in [-0.2, -0.15) is 12.6 Å². The zero-order valence-corrected chi connectivity index (χ0v) is 25.4. The maximum Gasteiger partial charge on any atom is 0.326 e. The Morgan fingerprint density at radius 3 is 1.59 bits per heavy atom. The van der Waals surface area contributed by atoms with Gasteiger partial charge in [-0.3, -0.25) is 43.3 Å². The van der Waals surface area contributed by atoms with Crippen molar-refractivity contribution >= 4 is 71.9 Å². The third-order valence-electron chi connectivity index (χ3n) is 5.37. The highest BCUT2D eigenvalue weighted by Gasteiger charge is 2.26. The van der Waals surface area contributed by atoms with Crippen LogP contribution in [-0.2, 0) is 43.2 Å². The number of thiol groups is 1. The number of rotatable bonds is 22. The molecule has 0 radical (unpaired) electrons. The van der Waals surface area contributed by atoms with Gasteiger partial charge >= 0.3 is 11.9 Å². The molecule has 0 unspecified atom stereocenters. The zero-order valence-electron chi connectivity index (χ0n) is 24.5. The van der Waals surface area contributed by atoms with Crippen LogP contribution in [0.5, 0.6) is 0 Å². The normalized spacial score (nSPS) is 12.1. The minimum absolute atomic E-state index is 0.0389. The van der Waals surface area contributed by atoms with Crippen LogP contribution >= 0.6 is 12.6 Å². The van der Waals surface area contributed by atoms with Gasteiger partial charge in [-0.25, -0.2) is 4.79 Å². The average molecular weight is 678 g/mol. The molecule has 0 aromatic rings. The van der Waals surface area contributed by atoms with Crippen molar-refractivity contribution in [3.8, 4) is 0 Å². The summed E-state index contributed by atoms with van der Waals surface area (Å²) in [6.07, 6.45) is -0.728. The van der Waals surface area contributed by atoms with Crippen LogP contribution in [0.4, 0.5) is 0 Å². The number of amides is 7. The highest BCUT2D eigenvalue weighted by molar-refractivity contribution is 7.80. The lowest BCUT2D eigenvalue weighted by Gasteiger charge is -2.18. The highest BCUT2D eigenvalue weighted by Crippen LogP contribution is 1.99. The van der Waals surface area contributed by atoms with Crippen LogP contribution in [0.2, 0.25) is 0 Å². The van der Waals surface area contributed by atoms with Gasteiger partial charge in [-0.1, -0.05) is 0 Å². The maximum atomic E-state index is 12.4. The van der Waals surface area contributed by atoms with E-state index in [1.165, 1.54) is 0 Å². The van der Waals surface area contributed by atoms with Gasteiger partial charge in [0, 0.05) is 12.3 Å². The van der Waals surface area contributed by atoms with Gasteiger partial charge in [-0.05, 0) is 12.8 Å². The number of carbonyl (C=O) groups excluding carboxylic acids is 7. The molecule has 0 aliphatic heterocycles. The van der Waals surface area contributed by atoms with E-state index in [2.05, 4.69) is 54.8 Å². The summed E-state index contributed by atoms with van der Waals surface area (Å²) in [6.45, 7) is -2.92. The number of carbonyl (C=O) groups is 9. The largest absolute Gasteiger partial charge is 0.481 e. The van der Waals surface area contributed by atoms with Crippen LogP contribution in [0, 0.1) is 0 Å². The fourth-order valence-corrected chi connectivity index (χ4v) is 3.40. The zero-order chi connectivity index (χ0) is 35.2. The van der Waals surface area contributed by atoms with E-state index in [9.17, 15) is 48.3 Å². The summed E-state index contributed by atoms with van der Waals surface area (Å²) in [4.78, 5) is 110. The predicted octanol–water partition coefficient (Wildman–Crippen LogP) is -7.59. The Balaban J connectivity index is 4.71. The minimum atomic E-state index is -1.68. The number of aliphatic carboxylic acids is 2. The van der Waals surface area contributed by atoms with Crippen LogP contribution < -0.4 is 54.4 Å². The highest BCUT2D eigenvalue weighted by atomic mass is 32.1. The van der Waals surface area contributed by atoms with Gasteiger partial charge in [0.05, 0.1) is 39.1 Å². The molecule has 22 nitrogen and oxygen atoms in total. The monoisotopic (exact) mass is 677 g/mol. The molecule has 0 aliphatic carbocycles. The van der Waals surface area contributed by atoms with Gasteiger partial charge in [0.1, 0.15) is 18.1 Å². The molecule has 46 heavy (non-hydrogen) atoms. The van der Waals surface area contributed by atoms with Crippen LogP contribution in [0.1, 0.15) is 19.3 Å². The van der Waals surface area contributed by atoms with E-state index in [4.69, 9.17) is 22.3 Å². The average Bonchev–Trinajstić information content (AvgIpc) is 2.99. The van der Waals surface area contributed by atoms with Crippen molar-refractivity contribution in [1.82, 2.24) is 37.2 Å². The van der Waals surface area contributed by atoms with Crippen molar-refractivity contribution in [3.63, 3.8) is 0 Å². The number of carboxylic acid groups (broad SMARTS) is 2. The molecular formula is C23H39N11O11S. The second-order valence-corrected chi connectivity index (χ2v) is 9.49. The number of hydrogen-bond acceptors (Lipinski definition) is 12. The van der Waals surface area contributed by atoms with E-state index < -0.39 is 104 Å². The van der Waals surface area contributed by atoms with E-state index in [1.54, 1.807) is 0 Å². The number of nitrogens with one attached hydrogen (secondary N) is 7.